The Morgan fingerprint density at radius 3 is 2.43 bits per heavy atom. The molecule has 0 radical (unpaired) electrons. The van der Waals surface area contributed by atoms with Gasteiger partial charge in [0.2, 0.25) is 0 Å². The minimum Gasteiger partial charge on any atom is -0.497 e. The van der Waals surface area contributed by atoms with Gasteiger partial charge in [-0.1, -0.05) is 42.5 Å². The molecular weight excluding hydrogens is 286 g/mol. The highest BCUT2D eigenvalue weighted by Crippen LogP contribution is 2.24. The fraction of sp³-hybridized carbons (Fsp3) is 0.150. The Kier molecular flexibility index (Phi) is 5.02. The van der Waals surface area contributed by atoms with E-state index >= 15 is 0 Å². The van der Waals surface area contributed by atoms with Gasteiger partial charge in [-0.15, -0.1) is 0 Å². The second-order valence-corrected chi connectivity index (χ2v) is 5.29. The number of pyridine rings is 1. The van der Waals surface area contributed by atoms with Gasteiger partial charge in [0, 0.05) is 18.0 Å². The molecule has 3 nitrogen and oxygen atoms in total. The lowest BCUT2D eigenvalue weighted by Gasteiger charge is -2.08. The number of benzene rings is 2. The van der Waals surface area contributed by atoms with Crippen LogP contribution in [0.5, 0.6) is 5.75 Å². The number of ether oxygens (including phenoxy) is 2. The van der Waals surface area contributed by atoms with Crippen molar-refractivity contribution in [1.29, 1.82) is 0 Å². The summed E-state index contributed by atoms with van der Waals surface area (Å²) in [6.07, 6.45) is 3.70. The van der Waals surface area contributed by atoms with Crippen LogP contribution >= 0.6 is 0 Å². The molecular formula is C20H19NO2. The van der Waals surface area contributed by atoms with Crippen molar-refractivity contribution in [2.75, 3.05) is 7.11 Å². The predicted molar refractivity (Wildman–Crippen MR) is 91.2 cm³/mol. The van der Waals surface area contributed by atoms with Crippen molar-refractivity contribution in [3.63, 3.8) is 0 Å². The molecule has 3 rings (SSSR count). The van der Waals surface area contributed by atoms with E-state index in [9.17, 15) is 0 Å². The largest absolute Gasteiger partial charge is 0.497 e. The molecule has 2 aromatic carbocycles. The van der Waals surface area contributed by atoms with Gasteiger partial charge in [-0.05, 0) is 34.9 Å². The van der Waals surface area contributed by atoms with E-state index in [2.05, 4.69) is 23.2 Å². The van der Waals surface area contributed by atoms with Gasteiger partial charge < -0.3 is 9.47 Å². The van der Waals surface area contributed by atoms with E-state index in [0.29, 0.717) is 13.2 Å². The number of hydrogen-bond donors (Lipinski definition) is 0. The Hall–Kier alpha value is -2.65. The number of rotatable bonds is 6. The van der Waals surface area contributed by atoms with Crippen LogP contribution in [0.1, 0.15) is 11.1 Å². The van der Waals surface area contributed by atoms with Crippen LogP contribution < -0.4 is 4.74 Å². The van der Waals surface area contributed by atoms with Crippen molar-refractivity contribution < 1.29 is 9.47 Å². The van der Waals surface area contributed by atoms with Crippen molar-refractivity contribution in [2.24, 2.45) is 0 Å². The molecule has 0 spiro atoms. The minimum absolute atomic E-state index is 0.541. The molecule has 23 heavy (non-hydrogen) atoms. The summed E-state index contributed by atoms with van der Waals surface area (Å²) in [5.41, 5.74) is 4.37. The highest BCUT2D eigenvalue weighted by atomic mass is 16.5. The van der Waals surface area contributed by atoms with Gasteiger partial charge in [0.05, 0.1) is 20.3 Å². The standard InChI is InChI=1S/C20H19NO2/c1-22-20-9-5-8-18(11-20)19-10-17(12-21-13-19)15-23-14-16-6-3-2-4-7-16/h2-13H,14-15H2,1H3. The molecule has 0 N–H and O–H groups in total. The summed E-state index contributed by atoms with van der Waals surface area (Å²) in [4.78, 5) is 4.32. The van der Waals surface area contributed by atoms with Gasteiger partial charge in [-0.2, -0.15) is 0 Å². The van der Waals surface area contributed by atoms with Gasteiger partial charge in [-0.3, -0.25) is 4.98 Å². The van der Waals surface area contributed by atoms with Crippen molar-refractivity contribution in [2.45, 2.75) is 13.2 Å². The number of aromatic nitrogens is 1. The van der Waals surface area contributed by atoms with Gasteiger partial charge in [0.15, 0.2) is 0 Å². The third kappa shape index (κ3) is 4.18. The SMILES string of the molecule is COc1cccc(-c2cncc(COCc3ccccc3)c2)c1. The molecule has 1 heterocycles. The first-order valence-electron chi connectivity index (χ1n) is 7.55. The van der Waals surface area contributed by atoms with E-state index < -0.39 is 0 Å². The van der Waals surface area contributed by atoms with Crippen LogP contribution in [-0.4, -0.2) is 12.1 Å². The molecule has 0 unspecified atom stereocenters. The van der Waals surface area contributed by atoms with Crippen LogP contribution in [-0.2, 0) is 18.0 Å². The smallest absolute Gasteiger partial charge is 0.119 e. The second kappa shape index (κ2) is 7.56. The van der Waals surface area contributed by atoms with Crippen LogP contribution in [0.25, 0.3) is 11.1 Å². The Morgan fingerprint density at radius 2 is 1.61 bits per heavy atom. The number of nitrogens with zero attached hydrogens (tertiary/aromatic N) is 1. The Balaban J connectivity index is 1.67. The highest BCUT2D eigenvalue weighted by molar-refractivity contribution is 5.64. The zero-order valence-electron chi connectivity index (χ0n) is 13.1. The average molecular weight is 305 g/mol. The maximum atomic E-state index is 5.78. The van der Waals surface area contributed by atoms with E-state index in [0.717, 1.165) is 22.4 Å². The van der Waals surface area contributed by atoms with E-state index in [1.807, 2.05) is 54.9 Å². The molecule has 0 saturated heterocycles. The third-order valence-electron chi connectivity index (χ3n) is 3.58. The Labute approximate surface area is 136 Å². The van der Waals surface area contributed by atoms with Crippen LogP contribution in [0, 0.1) is 0 Å². The van der Waals surface area contributed by atoms with Gasteiger partial charge in [0.1, 0.15) is 5.75 Å². The van der Waals surface area contributed by atoms with E-state index in [4.69, 9.17) is 9.47 Å². The lowest BCUT2D eigenvalue weighted by molar-refractivity contribution is 0.107. The monoisotopic (exact) mass is 305 g/mol. The fourth-order valence-electron chi connectivity index (χ4n) is 2.39. The molecule has 0 aliphatic heterocycles. The topological polar surface area (TPSA) is 31.4 Å². The molecule has 0 aliphatic rings. The fourth-order valence-corrected chi connectivity index (χ4v) is 2.39. The lowest BCUT2D eigenvalue weighted by atomic mass is 10.1. The average Bonchev–Trinajstić information content (AvgIpc) is 2.63. The van der Waals surface area contributed by atoms with Crippen molar-refractivity contribution in [1.82, 2.24) is 4.98 Å². The summed E-state index contributed by atoms with van der Waals surface area (Å²) in [5, 5.41) is 0. The van der Waals surface area contributed by atoms with E-state index in [-0.39, 0.29) is 0 Å². The second-order valence-electron chi connectivity index (χ2n) is 5.29. The first-order valence-corrected chi connectivity index (χ1v) is 7.55. The molecule has 0 saturated carbocycles. The van der Waals surface area contributed by atoms with E-state index in [1.54, 1.807) is 7.11 Å². The van der Waals surface area contributed by atoms with Gasteiger partial charge in [0.25, 0.3) is 0 Å². The quantitative estimate of drug-likeness (QED) is 0.673. The van der Waals surface area contributed by atoms with Crippen LogP contribution in [0.3, 0.4) is 0 Å². The van der Waals surface area contributed by atoms with Crippen molar-refractivity contribution >= 4 is 0 Å². The molecule has 0 amide bonds. The zero-order chi connectivity index (χ0) is 15.9. The summed E-state index contributed by atoms with van der Waals surface area (Å²) in [6.45, 7) is 1.14. The lowest BCUT2D eigenvalue weighted by Crippen LogP contribution is -1.95. The zero-order valence-corrected chi connectivity index (χ0v) is 13.1. The molecule has 0 aliphatic carbocycles. The Morgan fingerprint density at radius 1 is 0.783 bits per heavy atom. The summed E-state index contributed by atoms with van der Waals surface area (Å²) >= 11 is 0. The minimum atomic E-state index is 0.541. The normalized spacial score (nSPS) is 10.5. The maximum absolute atomic E-state index is 5.78. The summed E-state index contributed by atoms with van der Waals surface area (Å²) in [5.74, 6) is 0.841. The summed E-state index contributed by atoms with van der Waals surface area (Å²) in [7, 11) is 1.67. The van der Waals surface area contributed by atoms with Crippen molar-refractivity contribution in [3.8, 4) is 16.9 Å². The molecule has 3 heteroatoms. The van der Waals surface area contributed by atoms with Gasteiger partial charge in [-0.25, -0.2) is 0 Å². The maximum Gasteiger partial charge on any atom is 0.119 e. The summed E-state index contributed by atoms with van der Waals surface area (Å²) in [6, 6.07) is 20.2. The van der Waals surface area contributed by atoms with Gasteiger partial charge >= 0.3 is 0 Å². The predicted octanol–water partition coefficient (Wildman–Crippen LogP) is 4.47. The molecule has 0 fully saturated rings. The van der Waals surface area contributed by atoms with Crippen LogP contribution in [0.4, 0.5) is 0 Å². The van der Waals surface area contributed by atoms with Crippen molar-refractivity contribution in [3.05, 3.63) is 84.2 Å². The first-order chi connectivity index (χ1) is 11.3. The molecule has 0 atom stereocenters. The number of hydrogen-bond acceptors (Lipinski definition) is 3. The van der Waals surface area contributed by atoms with Crippen LogP contribution in [0.15, 0.2) is 73.1 Å². The van der Waals surface area contributed by atoms with E-state index in [1.165, 1.54) is 5.56 Å². The van der Waals surface area contributed by atoms with Crippen LogP contribution in [0.2, 0.25) is 0 Å². The summed E-state index contributed by atoms with van der Waals surface area (Å²) < 4.78 is 11.1. The Bertz CT molecular complexity index is 756. The number of methoxy groups -OCH3 is 1. The molecule has 3 aromatic rings. The molecule has 1 aromatic heterocycles. The molecule has 0 bridgehead atoms. The third-order valence-corrected chi connectivity index (χ3v) is 3.58. The first kappa shape index (κ1) is 15.3. The molecule has 116 valence electrons. The highest BCUT2D eigenvalue weighted by Gasteiger charge is 2.02.